The molecule has 10 heteroatoms. The molecule has 0 bridgehead atoms. The van der Waals surface area contributed by atoms with Crippen LogP contribution in [0.3, 0.4) is 0 Å². The van der Waals surface area contributed by atoms with Crippen LogP contribution in [0.5, 0.6) is 0 Å². The summed E-state index contributed by atoms with van der Waals surface area (Å²) in [5.74, 6) is 0.932. The predicted molar refractivity (Wildman–Crippen MR) is 142 cm³/mol. The third-order valence-corrected chi connectivity index (χ3v) is 6.83. The number of hydrogen-bond donors (Lipinski definition) is 2. The van der Waals surface area contributed by atoms with Crippen molar-refractivity contribution in [1.82, 2.24) is 10.3 Å². The lowest BCUT2D eigenvalue weighted by atomic mass is 10.0. The fourth-order valence-corrected chi connectivity index (χ4v) is 5.29. The summed E-state index contributed by atoms with van der Waals surface area (Å²) in [6, 6.07) is 20.2. The van der Waals surface area contributed by atoms with Crippen molar-refractivity contribution in [3.05, 3.63) is 102 Å². The molecule has 3 heterocycles. The van der Waals surface area contributed by atoms with Crippen molar-refractivity contribution in [1.29, 1.82) is 0 Å². The summed E-state index contributed by atoms with van der Waals surface area (Å²) in [5.41, 5.74) is 3.55. The first-order valence-electron chi connectivity index (χ1n) is 11.1. The summed E-state index contributed by atoms with van der Waals surface area (Å²) in [6.45, 7) is 1.83. The molecule has 2 N–H and O–H groups in total. The minimum absolute atomic E-state index is 0.306. The van der Waals surface area contributed by atoms with E-state index in [1.807, 2.05) is 54.3 Å². The van der Waals surface area contributed by atoms with Crippen molar-refractivity contribution in [2.45, 2.75) is 19.0 Å². The van der Waals surface area contributed by atoms with Gasteiger partial charge in [0, 0.05) is 17.4 Å². The van der Waals surface area contributed by atoms with Gasteiger partial charge >= 0.3 is 0 Å². The van der Waals surface area contributed by atoms with Crippen LogP contribution >= 0.6 is 12.2 Å². The van der Waals surface area contributed by atoms with E-state index in [1.165, 1.54) is 12.1 Å². The zero-order chi connectivity index (χ0) is 25.4. The van der Waals surface area contributed by atoms with Gasteiger partial charge in [0.2, 0.25) is 10.0 Å². The summed E-state index contributed by atoms with van der Waals surface area (Å²) >= 11 is 5.75. The summed E-state index contributed by atoms with van der Waals surface area (Å²) in [7, 11) is -3.42. The zero-order valence-electron chi connectivity index (χ0n) is 19.5. The smallest absolute Gasteiger partial charge is 0.229 e. The number of benzene rings is 2. The average molecular weight is 523 g/mol. The number of hydrogen-bond acceptors (Lipinski definition) is 5. The number of pyridine rings is 1. The van der Waals surface area contributed by atoms with Crippen molar-refractivity contribution < 1.29 is 17.2 Å². The molecule has 2 unspecified atom stereocenters. The molecule has 2 aromatic heterocycles. The highest BCUT2D eigenvalue weighted by molar-refractivity contribution is 7.92. The lowest BCUT2D eigenvalue weighted by Crippen LogP contribution is -2.29. The number of sulfonamides is 1. The monoisotopic (exact) mass is 522 g/mol. The van der Waals surface area contributed by atoms with E-state index in [9.17, 15) is 12.8 Å². The molecule has 1 fully saturated rings. The number of aromatic nitrogens is 1. The van der Waals surface area contributed by atoms with Crippen LogP contribution in [0, 0.1) is 12.7 Å². The third-order valence-electron chi connectivity index (χ3n) is 5.93. The molecule has 0 radical (unpaired) electrons. The van der Waals surface area contributed by atoms with Crippen molar-refractivity contribution in [3.8, 4) is 11.3 Å². The van der Waals surface area contributed by atoms with Gasteiger partial charge in [0.1, 0.15) is 23.4 Å². The van der Waals surface area contributed by atoms with Gasteiger partial charge in [0.25, 0.3) is 0 Å². The number of rotatable bonds is 6. The maximum Gasteiger partial charge on any atom is 0.229 e. The molecule has 1 saturated heterocycles. The van der Waals surface area contributed by atoms with Crippen molar-refractivity contribution in [3.63, 3.8) is 0 Å². The first-order chi connectivity index (χ1) is 17.2. The number of nitrogens with one attached hydrogen (secondary N) is 2. The summed E-state index contributed by atoms with van der Waals surface area (Å²) in [4.78, 5) is 6.48. The van der Waals surface area contributed by atoms with Gasteiger partial charge in [-0.1, -0.05) is 6.07 Å². The standard InChI is InChI=1S/C26H23FN4O3S2/c1-16-15-19(10-11-20(16)30-36(2,32)33)31-25(24(29-26(31)35)21-5-3-4-14-28-21)23-13-12-22(34-23)17-6-8-18(27)9-7-17/h3-15,24-25,30H,1-2H3,(H,29,35). The van der Waals surface area contributed by atoms with Crippen LogP contribution in [-0.4, -0.2) is 24.8 Å². The van der Waals surface area contributed by atoms with Gasteiger partial charge in [-0.05, 0) is 91.4 Å². The van der Waals surface area contributed by atoms with Crippen LogP contribution in [0.1, 0.15) is 29.1 Å². The number of nitrogens with zero attached hydrogens (tertiary/aromatic N) is 2. The maximum absolute atomic E-state index is 13.4. The largest absolute Gasteiger partial charge is 0.459 e. The Morgan fingerprint density at radius 1 is 1.08 bits per heavy atom. The van der Waals surface area contributed by atoms with E-state index in [0.717, 1.165) is 28.8 Å². The minimum atomic E-state index is -3.42. The Bertz CT molecular complexity index is 1520. The zero-order valence-corrected chi connectivity index (χ0v) is 21.1. The van der Waals surface area contributed by atoms with Crippen LogP contribution < -0.4 is 14.9 Å². The SMILES string of the molecule is Cc1cc(N2C(=S)NC(c3ccccn3)C2c2ccc(-c3ccc(F)cc3)o2)ccc1NS(C)(=O)=O. The molecule has 36 heavy (non-hydrogen) atoms. The van der Waals surface area contributed by atoms with Gasteiger partial charge in [-0.25, -0.2) is 12.8 Å². The van der Waals surface area contributed by atoms with Gasteiger partial charge in [0.15, 0.2) is 5.11 Å². The van der Waals surface area contributed by atoms with Crippen molar-refractivity contribution in [2.75, 3.05) is 15.9 Å². The van der Waals surface area contributed by atoms with E-state index >= 15 is 0 Å². The highest BCUT2D eigenvalue weighted by atomic mass is 32.2. The number of aryl methyl sites for hydroxylation is 1. The molecule has 1 aliphatic heterocycles. The minimum Gasteiger partial charge on any atom is -0.459 e. The van der Waals surface area contributed by atoms with E-state index in [1.54, 1.807) is 24.4 Å². The van der Waals surface area contributed by atoms with E-state index in [-0.39, 0.29) is 17.9 Å². The molecule has 184 valence electrons. The average Bonchev–Trinajstić information content (AvgIpc) is 3.45. The van der Waals surface area contributed by atoms with E-state index < -0.39 is 10.0 Å². The second-order valence-corrected chi connectivity index (χ2v) is 10.7. The molecule has 4 aromatic rings. The van der Waals surface area contributed by atoms with Gasteiger partial charge in [-0.2, -0.15) is 0 Å². The topological polar surface area (TPSA) is 87.5 Å². The molecule has 5 rings (SSSR count). The van der Waals surface area contributed by atoms with Crippen LogP contribution in [0.25, 0.3) is 11.3 Å². The first kappa shape index (κ1) is 24.0. The Morgan fingerprint density at radius 3 is 2.53 bits per heavy atom. The summed E-state index contributed by atoms with van der Waals surface area (Å²) < 4.78 is 45.7. The van der Waals surface area contributed by atoms with E-state index in [0.29, 0.717) is 22.3 Å². The summed E-state index contributed by atoms with van der Waals surface area (Å²) in [6.07, 6.45) is 2.84. The Labute approximate surface area is 214 Å². The van der Waals surface area contributed by atoms with E-state index in [2.05, 4.69) is 15.0 Å². The van der Waals surface area contributed by atoms with Gasteiger partial charge in [-0.15, -0.1) is 0 Å². The van der Waals surface area contributed by atoms with Crippen molar-refractivity contribution >= 4 is 38.7 Å². The van der Waals surface area contributed by atoms with Crippen LogP contribution in [0.2, 0.25) is 0 Å². The number of furan rings is 1. The van der Waals surface area contributed by atoms with E-state index in [4.69, 9.17) is 16.6 Å². The lowest BCUT2D eigenvalue weighted by molar-refractivity contribution is 0.439. The molecule has 2 aromatic carbocycles. The third kappa shape index (κ3) is 4.82. The Kier molecular flexibility index (Phi) is 6.23. The van der Waals surface area contributed by atoms with Gasteiger partial charge < -0.3 is 14.6 Å². The Balaban J connectivity index is 1.57. The Morgan fingerprint density at radius 2 is 1.86 bits per heavy atom. The first-order valence-corrected chi connectivity index (χ1v) is 13.4. The highest BCUT2D eigenvalue weighted by Crippen LogP contribution is 2.43. The number of halogens is 1. The maximum atomic E-state index is 13.4. The Hall–Kier alpha value is -3.76. The van der Waals surface area contributed by atoms with Crippen LogP contribution in [0.15, 0.2) is 83.4 Å². The molecule has 0 amide bonds. The van der Waals surface area contributed by atoms with Gasteiger partial charge in [0.05, 0.1) is 23.7 Å². The highest BCUT2D eigenvalue weighted by Gasteiger charge is 2.42. The van der Waals surface area contributed by atoms with Gasteiger partial charge in [-0.3, -0.25) is 9.71 Å². The lowest BCUT2D eigenvalue weighted by Gasteiger charge is -2.26. The van der Waals surface area contributed by atoms with Crippen LogP contribution in [0.4, 0.5) is 15.8 Å². The molecule has 7 nitrogen and oxygen atoms in total. The quantitative estimate of drug-likeness (QED) is 0.331. The number of anilines is 2. The van der Waals surface area contributed by atoms with Crippen molar-refractivity contribution in [2.24, 2.45) is 0 Å². The molecule has 0 aliphatic carbocycles. The number of thiocarbonyl (C=S) groups is 1. The van der Waals surface area contributed by atoms with Crippen LogP contribution in [-0.2, 0) is 10.0 Å². The second kappa shape index (κ2) is 9.36. The molecule has 0 spiro atoms. The predicted octanol–water partition coefficient (Wildman–Crippen LogP) is 5.34. The molecule has 2 atom stereocenters. The second-order valence-electron chi connectivity index (χ2n) is 8.58. The fourth-order valence-electron chi connectivity index (χ4n) is 4.31. The molecule has 0 saturated carbocycles. The molecule has 1 aliphatic rings. The normalized spacial score (nSPS) is 17.8. The molecular formula is C26H23FN4O3S2. The summed E-state index contributed by atoms with van der Waals surface area (Å²) in [5, 5.41) is 3.85. The molecular weight excluding hydrogens is 499 g/mol. The fraction of sp³-hybridized carbons (Fsp3) is 0.154.